The van der Waals surface area contributed by atoms with Gasteiger partial charge in [0.15, 0.2) is 0 Å². The molecule has 0 saturated carbocycles. The summed E-state index contributed by atoms with van der Waals surface area (Å²) in [6, 6.07) is 12.4. The zero-order chi connectivity index (χ0) is 19.7. The van der Waals surface area contributed by atoms with Crippen molar-refractivity contribution in [1.29, 1.82) is 0 Å². The van der Waals surface area contributed by atoms with E-state index in [9.17, 15) is 18.0 Å². The molecule has 8 heteroatoms. The molecular formula is C20H17F3N4O. The number of anilines is 1. The van der Waals surface area contributed by atoms with Gasteiger partial charge in [-0.25, -0.2) is 0 Å². The topological polar surface area (TPSA) is 61.0 Å². The van der Waals surface area contributed by atoms with E-state index in [0.717, 1.165) is 22.4 Å². The van der Waals surface area contributed by atoms with E-state index in [-0.39, 0.29) is 19.0 Å². The van der Waals surface area contributed by atoms with Crippen molar-refractivity contribution >= 4 is 11.6 Å². The summed E-state index contributed by atoms with van der Waals surface area (Å²) in [5, 5.41) is 2.81. The van der Waals surface area contributed by atoms with Crippen molar-refractivity contribution in [3.63, 3.8) is 0 Å². The zero-order valence-corrected chi connectivity index (χ0v) is 14.8. The van der Waals surface area contributed by atoms with Gasteiger partial charge < -0.3 is 10.3 Å². The average Bonchev–Trinajstić information content (AvgIpc) is 3.28. The van der Waals surface area contributed by atoms with Gasteiger partial charge in [-0.05, 0) is 35.4 Å². The number of hydrogen-bond acceptors (Lipinski definition) is 3. The van der Waals surface area contributed by atoms with E-state index < -0.39 is 12.7 Å². The second kappa shape index (κ2) is 7.12. The van der Waals surface area contributed by atoms with E-state index in [4.69, 9.17) is 0 Å². The molecule has 0 bridgehead atoms. The molecular weight excluding hydrogens is 369 g/mol. The van der Waals surface area contributed by atoms with Crippen LogP contribution in [0, 0.1) is 0 Å². The number of fused-ring (bicyclic) bond motifs is 1. The normalized spacial score (nSPS) is 14.1. The molecule has 1 aromatic carbocycles. The molecule has 0 unspecified atom stereocenters. The van der Waals surface area contributed by atoms with Gasteiger partial charge in [-0.3, -0.25) is 14.7 Å². The molecule has 0 aliphatic carbocycles. The molecule has 5 nitrogen and oxygen atoms in total. The highest BCUT2D eigenvalue weighted by atomic mass is 19.4. The molecule has 2 N–H and O–H groups in total. The molecule has 1 aliphatic heterocycles. The van der Waals surface area contributed by atoms with Gasteiger partial charge in [0.1, 0.15) is 5.69 Å². The lowest BCUT2D eigenvalue weighted by molar-refractivity contribution is -0.146. The van der Waals surface area contributed by atoms with Crippen molar-refractivity contribution in [2.24, 2.45) is 0 Å². The fourth-order valence-corrected chi connectivity index (χ4v) is 3.37. The molecule has 0 atom stereocenters. The third-order valence-electron chi connectivity index (χ3n) is 4.59. The number of carbonyl (C=O) groups is 1. The van der Waals surface area contributed by atoms with Crippen LogP contribution >= 0.6 is 0 Å². The molecule has 1 aliphatic rings. The van der Waals surface area contributed by atoms with Gasteiger partial charge >= 0.3 is 6.18 Å². The first-order valence-corrected chi connectivity index (χ1v) is 8.70. The van der Waals surface area contributed by atoms with Crippen molar-refractivity contribution in [3.8, 4) is 11.3 Å². The molecule has 28 heavy (non-hydrogen) atoms. The van der Waals surface area contributed by atoms with E-state index in [1.54, 1.807) is 36.7 Å². The van der Waals surface area contributed by atoms with Gasteiger partial charge in [0.25, 0.3) is 5.91 Å². The van der Waals surface area contributed by atoms with Crippen LogP contribution in [0.15, 0.2) is 54.9 Å². The molecule has 1 amide bonds. The number of nitrogens with one attached hydrogen (secondary N) is 2. The van der Waals surface area contributed by atoms with Gasteiger partial charge in [0.05, 0.1) is 12.2 Å². The first-order chi connectivity index (χ1) is 13.4. The maximum Gasteiger partial charge on any atom is 0.401 e. The van der Waals surface area contributed by atoms with Crippen molar-refractivity contribution in [2.45, 2.75) is 19.3 Å². The Labute approximate surface area is 159 Å². The fourth-order valence-electron chi connectivity index (χ4n) is 3.37. The Morgan fingerprint density at radius 2 is 2.04 bits per heavy atom. The predicted molar refractivity (Wildman–Crippen MR) is 98.6 cm³/mol. The summed E-state index contributed by atoms with van der Waals surface area (Å²) < 4.78 is 38.1. The minimum atomic E-state index is -4.25. The third-order valence-corrected chi connectivity index (χ3v) is 4.59. The standard InChI is InChI=1S/C20H17F3N4O/c21-20(22,23)12-27-10-13-4-3-6-17(15(13)11-27)26-19(28)18-8-14(9-25-18)16-5-1-2-7-24-16/h1-9,25H,10-12H2,(H,26,28). The van der Waals surface area contributed by atoms with Crippen molar-refractivity contribution in [1.82, 2.24) is 14.9 Å². The molecule has 144 valence electrons. The number of halogens is 3. The monoisotopic (exact) mass is 386 g/mol. The van der Waals surface area contributed by atoms with Crippen LogP contribution in [0.2, 0.25) is 0 Å². The Morgan fingerprint density at radius 1 is 1.18 bits per heavy atom. The first-order valence-electron chi connectivity index (χ1n) is 8.70. The van der Waals surface area contributed by atoms with E-state index in [1.165, 1.54) is 4.90 Å². The highest BCUT2D eigenvalue weighted by Crippen LogP contribution is 2.31. The lowest BCUT2D eigenvalue weighted by Crippen LogP contribution is -2.30. The average molecular weight is 386 g/mol. The molecule has 2 aromatic heterocycles. The third kappa shape index (κ3) is 3.91. The summed E-state index contributed by atoms with van der Waals surface area (Å²) in [6.07, 6.45) is -0.892. The smallest absolute Gasteiger partial charge is 0.357 e. The molecule has 0 spiro atoms. The Balaban J connectivity index is 1.50. The van der Waals surface area contributed by atoms with E-state index in [2.05, 4.69) is 15.3 Å². The minimum Gasteiger partial charge on any atom is -0.357 e. The summed E-state index contributed by atoms with van der Waals surface area (Å²) in [5.74, 6) is -0.357. The number of rotatable bonds is 4. The second-order valence-corrected chi connectivity index (χ2v) is 6.67. The molecule has 4 rings (SSSR count). The van der Waals surface area contributed by atoms with Crippen LogP contribution in [0.25, 0.3) is 11.3 Å². The van der Waals surface area contributed by atoms with Crippen LogP contribution in [-0.2, 0) is 13.1 Å². The number of aromatic nitrogens is 2. The molecule has 0 saturated heterocycles. The lowest BCUT2D eigenvalue weighted by atomic mass is 10.1. The van der Waals surface area contributed by atoms with E-state index >= 15 is 0 Å². The summed E-state index contributed by atoms with van der Waals surface area (Å²) in [5.41, 5.74) is 3.91. The summed E-state index contributed by atoms with van der Waals surface area (Å²) in [6.45, 7) is -0.612. The minimum absolute atomic E-state index is 0.148. The largest absolute Gasteiger partial charge is 0.401 e. The number of H-pyrrole nitrogens is 1. The highest BCUT2D eigenvalue weighted by Gasteiger charge is 2.34. The summed E-state index contributed by atoms with van der Waals surface area (Å²) in [4.78, 5) is 21.1. The zero-order valence-electron chi connectivity index (χ0n) is 14.8. The van der Waals surface area contributed by atoms with Gasteiger partial charge in [-0.15, -0.1) is 0 Å². The summed E-state index contributed by atoms with van der Waals surface area (Å²) >= 11 is 0. The van der Waals surface area contributed by atoms with Crippen LogP contribution in [0.3, 0.4) is 0 Å². The fraction of sp³-hybridized carbons (Fsp3) is 0.200. The SMILES string of the molecule is O=C(Nc1cccc2c1CN(CC(F)(F)F)C2)c1cc(-c2ccccn2)c[nH]1. The highest BCUT2D eigenvalue weighted by molar-refractivity contribution is 6.04. The van der Waals surface area contributed by atoms with Crippen LogP contribution in [-0.4, -0.2) is 33.5 Å². The quantitative estimate of drug-likeness (QED) is 0.706. The van der Waals surface area contributed by atoms with Crippen molar-refractivity contribution in [3.05, 3.63) is 71.7 Å². The van der Waals surface area contributed by atoms with Crippen LogP contribution in [0.4, 0.5) is 18.9 Å². The number of benzene rings is 1. The van der Waals surface area contributed by atoms with Gasteiger partial charge in [-0.1, -0.05) is 18.2 Å². The number of aromatic amines is 1. The molecule has 3 heterocycles. The number of carbonyl (C=O) groups excluding carboxylic acids is 1. The number of hydrogen-bond donors (Lipinski definition) is 2. The van der Waals surface area contributed by atoms with Crippen LogP contribution in [0.1, 0.15) is 21.6 Å². The number of nitrogens with zero attached hydrogens (tertiary/aromatic N) is 2. The van der Waals surface area contributed by atoms with Crippen LogP contribution in [0.5, 0.6) is 0 Å². The Morgan fingerprint density at radius 3 is 2.79 bits per heavy atom. The Hall–Kier alpha value is -3.13. The predicted octanol–water partition coefficient (Wildman–Crippen LogP) is 4.21. The maximum atomic E-state index is 12.7. The second-order valence-electron chi connectivity index (χ2n) is 6.67. The molecule has 0 radical (unpaired) electrons. The number of pyridine rings is 1. The van der Waals surface area contributed by atoms with Gasteiger partial charge in [-0.2, -0.15) is 13.2 Å². The van der Waals surface area contributed by atoms with Crippen LogP contribution < -0.4 is 5.32 Å². The maximum absolute atomic E-state index is 12.7. The van der Waals surface area contributed by atoms with E-state index in [0.29, 0.717) is 11.4 Å². The number of amides is 1. The van der Waals surface area contributed by atoms with Gasteiger partial charge in [0.2, 0.25) is 0 Å². The van der Waals surface area contributed by atoms with E-state index in [1.807, 2.05) is 18.2 Å². The van der Waals surface area contributed by atoms with Crippen molar-refractivity contribution in [2.75, 3.05) is 11.9 Å². The molecule has 3 aromatic rings. The Bertz CT molecular complexity index is 998. The lowest BCUT2D eigenvalue weighted by Gasteiger charge is -2.16. The number of alkyl halides is 3. The Kier molecular flexibility index (Phi) is 4.64. The molecule has 0 fully saturated rings. The van der Waals surface area contributed by atoms with Gasteiger partial charge in [0, 0.05) is 36.7 Å². The summed E-state index contributed by atoms with van der Waals surface area (Å²) in [7, 11) is 0. The van der Waals surface area contributed by atoms with Crippen molar-refractivity contribution < 1.29 is 18.0 Å². The first kappa shape index (κ1) is 18.2.